The molecule has 2 unspecified atom stereocenters. The van der Waals surface area contributed by atoms with E-state index >= 15 is 0 Å². The van der Waals surface area contributed by atoms with Gasteiger partial charge in [0.15, 0.2) is 0 Å². The van der Waals surface area contributed by atoms with E-state index in [1.54, 1.807) is 25.3 Å². The molecule has 0 saturated carbocycles. The summed E-state index contributed by atoms with van der Waals surface area (Å²) >= 11 is 3.37. The molecule has 5 heteroatoms. The van der Waals surface area contributed by atoms with E-state index in [4.69, 9.17) is 9.47 Å². The van der Waals surface area contributed by atoms with Gasteiger partial charge in [-0.2, -0.15) is 5.26 Å². The first-order valence-electron chi connectivity index (χ1n) is 5.63. The van der Waals surface area contributed by atoms with Crippen LogP contribution in [0, 0.1) is 16.7 Å². The third-order valence-corrected chi connectivity index (χ3v) is 3.91. The highest BCUT2D eigenvalue weighted by molar-refractivity contribution is 9.10. The SMILES string of the molecule is COc1ccc(C(O)C2(C#N)CCOC2)cc1Br. The first kappa shape index (κ1) is 13.3. The molecule has 0 radical (unpaired) electrons. The Morgan fingerprint density at radius 3 is 2.89 bits per heavy atom. The molecule has 1 saturated heterocycles. The summed E-state index contributed by atoms with van der Waals surface area (Å²) in [6.07, 6.45) is -0.305. The summed E-state index contributed by atoms with van der Waals surface area (Å²) in [4.78, 5) is 0. The summed E-state index contributed by atoms with van der Waals surface area (Å²) in [7, 11) is 1.58. The lowest BCUT2D eigenvalue weighted by molar-refractivity contribution is 0.0503. The Kier molecular flexibility index (Phi) is 3.91. The van der Waals surface area contributed by atoms with E-state index in [1.165, 1.54) is 0 Å². The molecule has 0 bridgehead atoms. The lowest BCUT2D eigenvalue weighted by Gasteiger charge is -2.26. The Morgan fingerprint density at radius 2 is 2.39 bits per heavy atom. The highest BCUT2D eigenvalue weighted by atomic mass is 79.9. The number of aliphatic hydroxyl groups is 1. The van der Waals surface area contributed by atoms with Gasteiger partial charge in [-0.3, -0.25) is 0 Å². The molecule has 18 heavy (non-hydrogen) atoms. The van der Waals surface area contributed by atoms with Crippen LogP contribution < -0.4 is 4.74 Å². The minimum atomic E-state index is -0.854. The molecule has 1 aliphatic heterocycles. The summed E-state index contributed by atoms with van der Waals surface area (Å²) < 4.78 is 11.1. The van der Waals surface area contributed by atoms with Crippen molar-refractivity contribution in [2.24, 2.45) is 5.41 Å². The first-order valence-corrected chi connectivity index (χ1v) is 6.43. The number of nitrogens with zero attached hydrogens (tertiary/aromatic N) is 1. The minimum absolute atomic E-state index is 0.272. The Bertz CT molecular complexity index is 478. The van der Waals surface area contributed by atoms with Crippen molar-refractivity contribution in [3.63, 3.8) is 0 Å². The quantitative estimate of drug-likeness (QED) is 0.931. The maximum atomic E-state index is 10.4. The molecule has 0 aliphatic carbocycles. The van der Waals surface area contributed by atoms with Gasteiger partial charge in [0.2, 0.25) is 0 Å². The Morgan fingerprint density at radius 1 is 1.61 bits per heavy atom. The van der Waals surface area contributed by atoms with Crippen molar-refractivity contribution in [3.8, 4) is 11.8 Å². The summed E-state index contributed by atoms with van der Waals surface area (Å²) in [6, 6.07) is 7.52. The number of nitriles is 1. The van der Waals surface area contributed by atoms with E-state index in [2.05, 4.69) is 22.0 Å². The molecule has 4 nitrogen and oxygen atoms in total. The van der Waals surface area contributed by atoms with Crippen LogP contribution in [0.3, 0.4) is 0 Å². The van der Waals surface area contributed by atoms with Gasteiger partial charge in [-0.1, -0.05) is 6.07 Å². The molecule has 1 aromatic rings. The maximum absolute atomic E-state index is 10.4. The highest BCUT2D eigenvalue weighted by Crippen LogP contribution is 2.42. The van der Waals surface area contributed by atoms with Gasteiger partial charge in [0.25, 0.3) is 0 Å². The average molecular weight is 312 g/mol. The number of rotatable bonds is 3. The normalized spacial score (nSPS) is 24.6. The van der Waals surface area contributed by atoms with Gasteiger partial charge in [0, 0.05) is 6.61 Å². The fourth-order valence-electron chi connectivity index (χ4n) is 2.12. The van der Waals surface area contributed by atoms with Gasteiger partial charge in [-0.25, -0.2) is 0 Å². The number of hydrogen-bond acceptors (Lipinski definition) is 4. The summed E-state index contributed by atoms with van der Waals surface area (Å²) in [5, 5.41) is 19.7. The molecule has 1 N–H and O–H groups in total. The van der Waals surface area contributed by atoms with E-state index < -0.39 is 11.5 Å². The fraction of sp³-hybridized carbons (Fsp3) is 0.462. The van der Waals surface area contributed by atoms with Crippen molar-refractivity contribution >= 4 is 15.9 Å². The number of aliphatic hydroxyl groups excluding tert-OH is 1. The standard InChI is InChI=1S/C13H14BrNO3/c1-17-11-3-2-9(6-10(11)14)12(16)13(7-15)4-5-18-8-13/h2-3,6,12,16H,4-5,8H2,1H3. The fourth-order valence-corrected chi connectivity index (χ4v) is 2.68. The molecule has 1 aliphatic rings. The van der Waals surface area contributed by atoms with E-state index in [9.17, 15) is 10.4 Å². The van der Waals surface area contributed by atoms with Gasteiger partial charge < -0.3 is 14.6 Å². The second-order valence-electron chi connectivity index (χ2n) is 4.37. The zero-order chi connectivity index (χ0) is 13.2. The number of halogens is 1. The topological polar surface area (TPSA) is 62.5 Å². The molecule has 0 aromatic heterocycles. The monoisotopic (exact) mass is 311 g/mol. The van der Waals surface area contributed by atoms with Crippen LogP contribution in [0.5, 0.6) is 5.75 Å². The van der Waals surface area contributed by atoms with Crippen LogP contribution in [-0.4, -0.2) is 25.4 Å². The molecular formula is C13H14BrNO3. The van der Waals surface area contributed by atoms with Crippen LogP contribution >= 0.6 is 15.9 Å². The van der Waals surface area contributed by atoms with E-state index in [1.807, 2.05) is 0 Å². The van der Waals surface area contributed by atoms with Crippen LogP contribution in [0.4, 0.5) is 0 Å². The molecule has 1 fully saturated rings. The molecule has 2 rings (SSSR count). The van der Waals surface area contributed by atoms with Gasteiger partial charge in [0.05, 0.1) is 30.4 Å². The van der Waals surface area contributed by atoms with Crippen molar-refractivity contribution in [3.05, 3.63) is 28.2 Å². The van der Waals surface area contributed by atoms with Crippen LogP contribution in [0.1, 0.15) is 18.1 Å². The van der Waals surface area contributed by atoms with Crippen LogP contribution in [0.2, 0.25) is 0 Å². The van der Waals surface area contributed by atoms with E-state index in [-0.39, 0.29) is 6.61 Å². The number of hydrogen-bond donors (Lipinski definition) is 1. The predicted molar refractivity (Wildman–Crippen MR) is 69.1 cm³/mol. The summed E-state index contributed by atoms with van der Waals surface area (Å²) in [6.45, 7) is 0.788. The van der Waals surface area contributed by atoms with E-state index in [0.717, 1.165) is 4.47 Å². The molecule has 0 amide bonds. The maximum Gasteiger partial charge on any atom is 0.133 e. The number of ether oxygens (including phenoxy) is 2. The lowest BCUT2D eigenvalue weighted by atomic mass is 9.79. The van der Waals surface area contributed by atoms with Crippen LogP contribution in [0.15, 0.2) is 22.7 Å². The largest absolute Gasteiger partial charge is 0.496 e. The zero-order valence-corrected chi connectivity index (χ0v) is 11.6. The van der Waals surface area contributed by atoms with Gasteiger partial charge in [0.1, 0.15) is 11.2 Å². The van der Waals surface area contributed by atoms with Crippen molar-refractivity contribution in [1.29, 1.82) is 5.26 Å². The van der Waals surface area contributed by atoms with Gasteiger partial charge >= 0.3 is 0 Å². The molecule has 96 valence electrons. The highest BCUT2D eigenvalue weighted by Gasteiger charge is 2.43. The van der Waals surface area contributed by atoms with Crippen molar-refractivity contribution < 1.29 is 14.6 Å². The molecule has 1 aromatic carbocycles. The molecule has 1 heterocycles. The van der Waals surface area contributed by atoms with Gasteiger partial charge in [-0.05, 0) is 40.0 Å². The number of methoxy groups -OCH3 is 1. The zero-order valence-electron chi connectivity index (χ0n) is 10.0. The third kappa shape index (κ3) is 2.24. The summed E-state index contributed by atoms with van der Waals surface area (Å²) in [5.74, 6) is 0.694. The van der Waals surface area contributed by atoms with Crippen LogP contribution in [0.25, 0.3) is 0 Å². The molecule has 2 atom stereocenters. The average Bonchev–Trinajstić information content (AvgIpc) is 2.87. The van der Waals surface area contributed by atoms with E-state index in [0.29, 0.717) is 24.3 Å². The second kappa shape index (κ2) is 5.27. The first-order chi connectivity index (χ1) is 8.63. The smallest absolute Gasteiger partial charge is 0.133 e. The molecule has 0 spiro atoms. The summed E-state index contributed by atoms with van der Waals surface area (Å²) in [5.41, 5.74) is -0.150. The second-order valence-corrected chi connectivity index (χ2v) is 5.22. The lowest BCUT2D eigenvalue weighted by Crippen LogP contribution is -2.27. The Hall–Kier alpha value is -1.09. The van der Waals surface area contributed by atoms with Crippen molar-refractivity contribution in [2.75, 3.05) is 20.3 Å². The Labute approximate surface area is 114 Å². The Balaban J connectivity index is 2.31. The van der Waals surface area contributed by atoms with Gasteiger partial charge in [-0.15, -0.1) is 0 Å². The minimum Gasteiger partial charge on any atom is -0.496 e. The predicted octanol–water partition coefficient (Wildman–Crippen LogP) is 2.42. The van der Waals surface area contributed by atoms with Crippen molar-refractivity contribution in [1.82, 2.24) is 0 Å². The number of benzene rings is 1. The third-order valence-electron chi connectivity index (χ3n) is 3.29. The van der Waals surface area contributed by atoms with Crippen molar-refractivity contribution in [2.45, 2.75) is 12.5 Å². The molecular weight excluding hydrogens is 298 g/mol. The van der Waals surface area contributed by atoms with Crippen LogP contribution in [-0.2, 0) is 4.74 Å².